The van der Waals surface area contributed by atoms with Crippen molar-refractivity contribution in [3.8, 4) is 0 Å². The van der Waals surface area contributed by atoms with Gasteiger partial charge in [-0.05, 0) is 25.8 Å². The van der Waals surface area contributed by atoms with Gasteiger partial charge in [0.1, 0.15) is 0 Å². The maximum Gasteiger partial charge on any atom is 0.307 e. The summed E-state index contributed by atoms with van der Waals surface area (Å²) in [4.78, 5) is 24.7. The third kappa shape index (κ3) is 5.87. The third-order valence-corrected chi connectivity index (χ3v) is 3.13. The number of hydrogen-bond acceptors (Lipinski definition) is 3. The molecule has 0 aromatic heterocycles. The molecule has 0 atom stereocenters. The van der Waals surface area contributed by atoms with Crippen molar-refractivity contribution in [2.45, 2.75) is 33.1 Å². The van der Waals surface area contributed by atoms with E-state index in [1.165, 1.54) is 5.56 Å². The quantitative estimate of drug-likeness (QED) is 0.719. The van der Waals surface area contributed by atoms with Crippen LogP contribution < -0.4 is 0 Å². The molecule has 4 nitrogen and oxygen atoms in total. The number of nitrogens with zero attached hydrogens (tertiary/aromatic N) is 1. The number of hydrogen-bond donors (Lipinski definition) is 0. The second-order valence-electron chi connectivity index (χ2n) is 4.86. The van der Waals surface area contributed by atoms with Crippen LogP contribution in [0.15, 0.2) is 24.3 Å². The van der Waals surface area contributed by atoms with E-state index in [4.69, 9.17) is 4.74 Å². The van der Waals surface area contributed by atoms with Crippen molar-refractivity contribution < 1.29 is 14.3 Å². The first-order valence-electron chi connectivity index (χ1n) is 6.98. The van der Waals surface area contributed by atoms with Crippen LogP contribution in [0.3, 0.4) is 0 Å². The molecule has 0 heterocycles. The Balaban J connectivity index is 2.31. The van der Waals surface area contributed by atoms with Crippen molar-refractivity contribution in [1.29, 1.82) is 0 Å². The predicted octanol–water partition coefficient (Wildman–Crippen LogP) is 2.34. The van der Waals surface area contributed by atoms with Crippen LogP contribution >= 0.6 is 0 Å². The van der Waals surface area contributed by atoms with Gasteiger partial charge in [0.05, 0.1) is 13.0 Å². The van der Waals surface area contributed by atoms with Crippen molar-refractivity contribution in [1.82, 2.24) is 4.90 Å². The molecule has 0 saturated heterocycles. The molecule has 1 amide bonds. The number of benzene rings is 1. The van der Waals surface area contributed by atoms with Gasteiger partial charge >= 0.3 is 5.97 Å². The summed E-state index contributed by atoms with van der Waals surface area (Å²) in [5.74, 6) is -0.208. The Kier molecular flexibility index (Phi) is 6.77. The van der Waals surface area contributed by atoms with Gasteiger partial charge in [0, 0.05) is 20.0 Å². The van der Waals surface area contributed by atoms with E-state index in [1.54, 1.807) is 18.9 Å². The maximum atomic E-state index is 11.9. The maximum absolute atomic E-state index is 11.9. The molecule has 0 aliphatic heterocycles. The van der Waals surface area contributed by atoms with E-state index in [2.05, 4.69) is 0 Å². The highest BCUT2D eigenvalue weighted by Crippen LogP contribution is 2.07. The van der Waals surface area contributed by atoms with Crippen LogP contribution in [0.4, 0.5) is 0 Å². The minimum absolute atomic E-state index is 0.0508. The Morgan fingerprint density at radius 3 is 2.40 bits per heavy atom. The fourth-order valence-corrected chi connectivity index (χ4v) is 1.81. The Labute approximate surface area is 120 Å². The lowest BCUT2D eigenvalue weighted by Gasteiger charge is -2.16. The second kappa shape index (κ2) is 8.35. The fourth-order valence-electron chi connectivity index (χ4n) is 1.81. The Hall–Kier alpha value is -1.84. The van der Waals surface area contributed by atoms with Gasteiger partial charge in [0.25, 0.3) is 0 Å². The largest absolute Gasteiger partial charge is 0.466 e. The molecule has 4 heteroatoms. The number of ether oxygens (including phenoxy) is 1. The van der Waals surface area contributed by atoms with E-state index >= 15 is 0 Å². The minimum atomic E-state index is -0.259. The molecule has 1 rings (SSSR count). The van der Waals surface area contributed by atoms with Crippen LogP contribution in [0.1, 0.15) is 30.9 Å². The molecular formula is C16H23NO3. The van der Waals surface area contributed by atoms with Gasteiger partial charge < -0.3 is 9.64 Å². The molecule has 0 spiro atoms. The first kappa shape index (κ1) is 16.2. The number of amides is 1. The molecule has 0 saturated carbocycles. The van der Waals surface area contributed by atoms with Gasteiger partial charge in [0.2, 0.25) is 5.91 Å². The van der Waals surface area contributed by atoms with Crippen LogP contribution in [-0.2, 0) is 20.7 Å². The highest BCUT2D eigenvalue weighted by Gasteiger charge is 2.11. The second-order valence-corrected chi connectivity index (χ2v) is 4.86. The number of esters is 1. The van der Waals surface area contributed by atoms with Crippen LogP contribution in [0, 0.1) is 6.92 Å². The minimum Gasteiger partial charge on any atom is -0.466 e. The summed E-state index contributed by atoms with van der Waals surface area (Å²) < 4.78 is 4.84. The van der Waals surface area contributed by atoms with Crippen LogP contribution in [0.25, 0.3) is 0 Å². The normalized spacial score (nSPS) is 10.2. The first-order valence-corrected chi connectivity index (χ1v) is 6.98. The van der Waals surface area contributed by atoms with Gasteiger partial charge in [-0.2, -0.15) is 0 Å². The molecule has 0 unspecified atom stereocenters. The molecule has 0 N–H and O–H groups in total. The zero-order valence-corrected chi connectivity index (χ0v) is 12.5. The zero-order valence-electron chi connectivity index (χ0n) is 12.5. The van der Waals surface area contributed by atoms with E-state index in [9.17, 15) is 9.59 Å². The summed E-state index contributed by atoms with van der Waals surface area (Å²) in [6, 6.07) is 8.18. The molecule has 0 bridgehead atoms. The molecule has 110 valence electrons. The van der Waals surface area contributed by atoms with E-state index in [0.29, 0.717) is 19.6 Å². The van der Waals surface area contributed by atoms with E-state index < -0.39 is 0 Å². The fraction of sp³-hybridized carbons (Fsp3) is 0.500. The molecule has 1 aromatic rings. The Morgan fingerprint density at radius 1 is 1.15 bits per heavy atom. The van der Waals surface area contributed by atoms with Crippen LogP contribution in [0.5, 0.6) is 0 Å². The summed E-state index contributed by atoms with van der Waals surface area (Å²) >= 11 is 0. The number of carbonyl (C=O) groups is 2. The summed E-state index contributed by atoms with van der Waals surface area (Å²) in [6.45, 7) is 4.60. The van der Waals surface area contributed by atoms with E-state index in [1.807, 2.05) is 31.2 Å². The standard InChI is InChI=1S/C16H23NO3/c1-4-20-16(19)11-12-17(3)15(18)10-9-14-7-5-13(2)6-8-14/h5-8H,4,9-12H2,1-3H3. The van der Waals surface area contributed by atoms with Crippen LogP contribution in [-0.4, -0.2) is 37.0 Å². The lowest BCUT2D eigenvalue weighted by atomic mass is 10.1. The van der Waals surface area contributed by atoms with Crippen molar-refractivity contribution >= 4 is 11.9 Å². The molecule has 20 heavy (non-hydrogen) atoms. The van der Waals surface area contributed by atoms with E-state index in [-0.39, 0.29) is 18.3 Å². The van der Waals surface area contributed by atoms with Gasteiger partial charge in [-0.15, -0.1) is 0 Å². The van der Waals surface area contributed by atoms with Crippen molar-refractivity contribution in [3.63, 3.8) is 0 Å². The van der Waals surface area contributed by atoms with Crippen molar-refractivity contribution in [3.05, 3.63) is 35.4 Å². The summed E-state index contributed by atoms with van der Waals surface area (Å²) in [7, 11) is 1.72. The third-order valence-electron chi connectivity index (χ3n) is 3.13. The number of aryl methyl sites for hydroxylation is 2. The molecular weight excluding hydrogens is 254 g/mol. The van der Waals surface area contributed by atoms with Gasteiger partial charge in [-0.25, -0.2) is 0 Å². The molecule has 0 aliphatic carbocycles. The van der Waals surface area contributed by atoms with Gasteiger partial charge in [0.15, 0.2) is 0 Å². The highest BCUT2D eigenvalue weighted by molar-refractivity contribution is 5.77. The monoisotopic (exact) mass is 277 g/mol. The summed E-state index contributed by atoms with van der Waals surface area (Å²) in [5, 5.41) is 0. The molecule has 0 aliphatic rings. The smallest absolute Gasteiger partial charge is 0.307 e. The molecule has 0 radical (unpaired) electrons. The van der Waals surface area contributed by atoms with Crippen molar-refractivity contribution in [2.75, 3.05) is 20.2 Å². The average Bonchev–Trinajstić information content (AvgIpc) is 2.44. The SMILES string of the molecule is CCOC(=O)CCN(C)C(=O)CCc1ccc(C)cc1. The van der Waals surface area contributed by atoms with E-state index in [0.717, 1.165) is 12.0 Å². The highest BCUT2D eigenvalue weighted by atomic mass is 16.5. The first-order chi connectivity index (χ1) is 9.52. The number of rotatable bonds is 7. The lowest BCUT2D eigenvalue weighted by molar-refractivity contribution is -0.143. The lowest BCUT2D eigenvalue weighted by Crippen LogP contribution is -2.29. The Bertz CT molecular complexity index is 440. The summed E-state index contributed by atoms with van der Waals surface area (Å²) in [6.07, 6.45) is 1.44. The topological polar surface area (TPSA) is 46.6 Å². The van der Waals surface area contributed by atoms with Gasteiger partial charge in [-0.1, -0.05) is 29.8 Å². The number of carbonyl (C=O) groups excluding carboxylic acids is 2. The Morgan fingerprint density at radius 2 is 1.80 bits per heavy atom. The molecule has 1 aromatic carbocycles. The summed E-state index contributed by atoms with van der Waals surface area (Å²) in [5.41, 5.74) is 2.37. The van der Waals surface area contributed by atoms with Crippen molar-refractivity contribution in [2.24, 2.45) is 0 Å². The van der Waals surface area contributed by atoms with Crippen LogP contribution in [0.2, 0.25) is 0 Å². The average molecular weight is 277 g/mol. The predicted molar refractivity (Wildman–Crippen MR) is 78.4 cm³/mol. The zero-order chi connectivity index (χ0) is 15.0. The molecule has 0 fully saturated rings. The van der Waals surface area contributed by atoms with Gasteiger partial charge in [-0.3, -0.25) is 9.59 Å².